The lowest BCUT2D eigenvalue weighted by Gasteiger charge is -2.12. The van der Waals surface area contributed by atoms with E-state index in [4.69, 9.17) is 4.74 Å². The van der Waals surface area contributed by atoms with Gasteiger partial charge in [-0.15, -0.1) is 5.10 Å². The first kappa shape index (κ1) is 15.0. The van der Waals surface area contributed by atoms with Crippen LogP contribution in [0.5, 0.6) is 5.75 Å². The second-order valence-corrected chi connectivity index (χ2v) is 5.30. The summed E-state index contributed by atoms with van der Waals surface area (Å²) in [5, 5.41) is 8.20. The van der Waals surface area contributed by atoms with Crippen molar-refractivity contribution in [2.75, 3.05) is 7.11 Å². The van der Waals surface area contributed by atoms with Gasteiger partial charge in [-0.1, -0.05) is 29.5 Å². The van der Waals surface area contributed by atoms with Gasteiger partial charge in [-0.3, -0.25) is 4.79 Å². The normalized spacial score (nSPS) is 10.6. The molecule has 1 heterocycles. The summed E-state index contributed by atoms with van der Waals surface area (Å²) in [5.41, 5.74) is 4.95. The van der Waals surface area contributed by atoms with Gasteiger partial charge in [0.1, 0.15) is 11.4 Å². The van der Waals surface area contributed by atoms with E-state index in [-0.39, 0.29) is 0 Å². The molecule has 116 valence electrons. The van der Waals surface area contributed by atoms with Crippen LogP contribution in [0.1, 0.15) is 21.6 Å². The molecular formula is C18H17N3O2. The second-order valence-electron chi connectivity index (χ2n) is 5.30. The predicted octanol–water partition coefficient (Wildman–Crippen LogP) is 3.37. The third kappa shape index (κ3) is 2.61. The fourth-order valence-corrected chi connectivity index (χ4v) is 2.55. The molecule has 0 spiro atoms. The first-order valence-electron chi connectivity index (χ1n) is 7.27. The van der Waals surface area contributed by atoms with Gasteiger partial charge in [0.2, 0.25) is 0 Å². The molecule has 2 aromatic carbocycles. The maximum atomic E-state index is 11.4. The summed E-state index contributed by atoms with van der Waals surface area (Å²) >= 11 is 0. The number of benzene rings is 2. The zero-order valence-corrected chi connectivity index (χ0v) is 13.3. The second kappa shape index (κ2) is 6.04. The van der Waals surface area contributed by atoms with Crippen LogP contribution < -0.4 is 4.74 Å². The summed E-state index contributed by atoms with van der Waals surface area (Å²) in [6.07, 6.45) is 0.726. The number of hydrogen-bond acceptors (Lipinski definition) is 4. The highest BCUT2D eigenvalue weighted by Gasteiger charge is 2.18. The summed E-state index contributed by atoms with van der Waals surface area (Å²) in [7, 11) is 1.61. The van der Waals surface area contributed by atoms with Gasteiger partial charge in [0.15, 0.2) is 12.0 Å². The lowest BCUT2D eigenvalue weighted by molar-refractivity contribution is 0.111. The van der Waals surface area contributed by atoms with Crippen LogP contribution in [0, 0.1) is 13.8 Å². The smallest absolute Gasteiger partial charge is 0.172 e. The van der Waals surface area contributed by atoms with E-state index in [1.165, 1.54) is 0 Å². The van der Waals surface area contributed by atoms with E-state index in [0.717, 1.165) is 28.7 Å². The Morgan fingerprint density at radius 1 is 1.13 bits per heavy atom. The zero-order valence-electron chi connectivity index (χ0n) is 13.3. The van der Waals surface area contributed by atoms with Gasteiger partial charge in [-0.05, 0) is 43.2 Å². The molecule has 0 aliphatic rings. The van der Waals surface area contributed by atoms with Crippen molar-refractivity contribution in [1.82, 2.24) is 15.0 Å². The lowest BCUT2D eigenvalue weighted by atomic mass is 10.1. The molecule has 0 aliphatic heterocycles. The number of carbonyl (C=O) groups excluding carboxylic acids is 1. The molecule has 0 unspecified atom stereocenters. The molecule has 0 aliphatic carbocycles. The van der Waals surface area contributed by atoms with Crippen molar-refractivity contribution in [3.8, 4) is 22.7 Å². The molecule has 0 N–H and O–H groups in total. The van der Waals surface area contributed by atoms with Gasteiger partial charge >= 0.3 is 0 Å². The van der Waals surface area contributed by atoms with Crippen LogP contribution >= 0.6 is 0 Å². The molecule has 0 radical (unpaired) electrons. The van der Waals surface area contributed by atoms with E-state index >= 15 is 0 Å². The largest absolute Gasteiger partial charge is 0.497 e. The zero-order chi connectivity index (χ0) is 16.4. The molecule has 3 aromatic rings. The Kier molecular flexibility index (Phi) is 3.93. The Balaban J connectivity index is 2.26. The van der Waals surface area contributed by atoms with Gasteiger partial charge < -0.3 is 4.74 Å². The highest BCUT2D eigenvalue weighted by molar-refractivity contribution is 5.84. The van der Waals surface area contributed by atoms with Gasteiger partial charge in [-0.25, -0.2) is 4.68 Å². The third-order valence-corrected chi connectivity index (χ3v) is 3.96. The average molecular weight is 307 g/mol. The third-order valence-electron chi connectivity index (χ3n) is 3.96. The van der Waals surface area contributed by atoms with Crippen LogP contribution in [-0.4, -0.2) is 28.4 Å². The molecule has 5 nitrogen and oxygen atoms in total. The lowest BCUT2D eigenvalue weighted by Crippen LogP contribution is -2.03. The Labute approximate surface area is 134 Å². The number of carbonyl (C=O) groups is 1. The highest BCUT2D eigenvalue weighted by Crippen LogP contribution is 2.29. The molecule has 0 fully saturated rings. The maximum absolute atomic E-state index is 11.4. The van der Waals surface area contributed by atoms with E-state index in [9.17, 15) is 4.79 Å². The van der Waals surface area contributed by atoms with E-state index in [0.29, 0.717) is 17.1 Å². The fourth-order valence-electron chi connectivity index (χ4n) is 2.55. The quantitative estimate of drug-likeness (QED) is 0.693. The molecule has 0 bridgehead atoms. The molecule has 5 heteroatoms. The molecule has 0 atom stereocenters. The number of hydrogen-bond donors (Lipinski definition) is 0. The number of aldehydes is 1. The number of methoxy groups -OCH3 is 1. The van der Waals surface area contributed by atoms with Crippen molar-refractivity contribution >= 4 is 6.29 Å². The SMILES string of the molecule is COc1cccc(-c2c(C=O)nnn2-c2cccc(C)c2C)c1. The minimum absolute atomic E-state index is 0.305. The minimum Gasteiger partial charge on any atom is -0.497 e. The van der Waals surface area contributed by atoms with Crippen LogP contribution in [0.25, 0.3) is 16.9 Å². The van der Waals surface area contributed by atoms with E-state index in [2.05, 4.69) is 10.3 Å². The summed E-state index contributed by atoms with van der Waals surface area (Å²) in [6, 6.07) is 13.5. The van der Waals surface area contributed by atoms with Crippen LogP contribution in [0.2, 0.25) is 0 Å². The summed E-state index contributed by atoms with van der Waals surface area (Å²) in [4.78, 5) is 11.4. The Bertz CT molecular complexity index is 868. The van der Waals surface area contributed by atoms with Gasteiger partial charge in [0.25, 0.3) is 0 Å². The molecule has 0 saturated heterocycles. The Hall–Kier alpha value is -2.95. The van der Waals surface area contributed by atoms with Crippen molar-refractivity contribution in [2.24, 2.45) is 0 Å². The van der Waals surface area contributed by atoms with Gasteiger partial charge in [0, 0.05) is 5.56 Å². The number of rotatable bonds is 4. The van der Waals surface area contributed by atoms with Crippen molar-refractivity contribution in [1.29, 1.82) is 0 Å². The first-order valence-corrected chi connectivity index (χ1v) is 7.27. The molecule has 1 aromatic heterocycles. The average Bonchev–Trinajstić information content (AvgIpc) is 3.01. The van der Waals surface area contributed by atoms with Crippen LogP contribution in [0.15, 0.2) is 42.5 Å². The van der Waals surface area contributed by atoms with Crippen molar-refractivity contribution in [3.63, 3.8) is 0 Å². The summed E-state index contributed by atoms with van der Waals surface area (Å²) in [6.45, 7) is 4.07. The predicted molar refractivity (Wildman–Crippen MR) is 88.2 cm³/mol. The van der Waals surface area contributed by atoms with Gasteiger partial charge in [-0.2, -0.15) is 0 Å². The molecular weight excluding hydrogens is 290 g/mol. The molecule has 23 heavy (non-hydrogen) atoms. The van der Waals surface area contributed by atoms with Crippen molar-refractivity contribution in [2.45, 2.75) is 13.8 Å². The van der Waals surface area contributed by atoms with Crippen LogP contribution in [-0.2, 0) is 0 Å². The monoisotopic (exact) mass is 307 g/mol. The number of nitrogens with zero attached hydrogens (tertiary/aromatic N) is 3. The van der Waals surface area contributed by atoms with E-state index in [1.807, 2.05) is 56.3 Å². The summed E-state index contributed by atoms with van der Waals surface area (Å²) < 4.78 is 6.99. The number of aromatic nitrogens is 3. The van der Waals surface area contributed by atoms with Crippen molar-refractivity contribution in [3.05, 3.63) is 59.3 Å². The van der Waals surface area contributed by atoms with E-state index in [1.54, 1.807) is 11.8 Å². The molecule has 0 saturated carbocycles. The molecule has 0 amide bonds. The van der Waals surface area contributed by atoms with Crippen molar-refractivity contribution < 1.29 is 9.53 Å². The Morgan fingerprint density at radius 2 is 1.91 bits per heavy atom. The number of ether oxygens (including phenoxy) is 1. The molecule has 3 rings (SSSR count). The van der Waals surface area contributed by atoms with Crippen LogP contribution in [0.4, 0.5) is 0 Å². The van der Waals surface area contributed by atoms with Gasteiger partial charge in [0.05, 0.1) is 12.8 Å². The summed E-state index contributed by atoms with van der Waals surface area (Å²) in [5.74, 6) is 0.716. The standard InChI is InChI=1S/C18H17N3O2/c1-12-6-4-9-17(13(12)2)21-18(16(11-22)19-20-21)14-7-5-8-15(10-14)23-3/h4-11H,1-3H3. The number of aryl methyl sites for hydroxylation is 1. The topological polar surface area (TPSA) is 57.0 Å². The van der Waals surface area contributed by atoms with E-state index < -0.39 is 0 Å². The highest BCUT2D eigenvalue weighted by atomic mass is 16.5. The van der Waals surface area contributed by atoms with Crippen LogP contribution in [0.3, 0.4) is 0 Å². The minimum atomic E-state index is 0.305. The Morgan fingerprint density at radius 3 is 2.65 bits per heavy atom. The fraction of sp³-hybridized carbons (Fsp3) is 0.167. The maximum Gasteiger partial charge on any atom is 0.172 e. The first-order chi connectivity index (χ1) is 11.2.